The number of oxime groups is 1. The number of hydroxylamine groups is 2. The van der Waals surface area contributed by atoms with Crippen LogP contribution in [0.4, 0.5) is 5.13 Å². The fourth-order valence-electron chi connectivity index (χ4n) is 4.15. The number of carbonyl (C=O) groups excluding carboxylic acids is 2. The fourth-order valence-corrected chi connectivity index (χ4v) is 5.05. The predicted octanol–water partition coefficient (Wildman–Crippen LogP) is 0.786. The maximum Gasteiger partial charge on any atom is 0.418 e. The molecule has 2 aromatic rings. The second-order valence-corrected chi connectivity index (χ2v) is 11.5. The topological polar surface area (TPSA) is 247 Å². The number of nitrogens with zero attached hydrogens (tertiary/aromatic N) is 5. The quantitative estimate of drug-likeness (QED) is 0.0617. The molecule has 234 valence electrons. The minimum atomic E-state index is -4.84. The molecule has 1 aromatic heterocycles. The number of aromatic nitrogens is 1. The Labute approximate surface area is 252 Å². The molecule has 18 heteroatoms. The maximum atomic E-state index is 13.1. The number of anilines is 1. The van der Waals surface area contributed by atoms with Crippen LogP contribution in [-0.4, -0.2) is 85.9 Å². The van der Waals surface area contributed by atoms with Gasteiger partial charge in [-0.2, -0.15) is 8.42 Å². The number of nitrogen functional groups attached to an aromatic ring is 1. The number of thiazole rings is 1. The van der Waals surface area contributed by atoms with Crippen molar-refractivity contribution < 1.29 is 36.4 Å². The fraction of sp³-hybridized carbons (Fsp3) is 0.440. The van der Waals surface area contributed by atoms with Crippen LogP contribution < -0.4 is 21.9 Å². The van der Waals surface area contributed by atoms with Crippen molar-refractivity contribution in [3.05, 3.63) is 40.9 Å². The summed E-state index contributed by atoms with van der Waals surface area (Å²) >= 11 is 1.14. The molecule has 1 aliphatic rings. The molecule has 1 aliphatic carbocycles. The van der Waals surface area contributed by atoms with Gasteiger partial charge in [0.15, 0.2) is 23.2 Å². The Hall–Kier alpha value is -4.13. The lowest BCUT2D eigenvalue weighted by atomic mass is 10.00. The Morgan fingerprint density at radius 1 is 1.26 bits per heavy atom. The van der Waals surface area contributed by atoms with Gasteiger partial charge in [-0.1, -0.05) is 12.1 Å². The molecule has 43 heavy (non-hydrogen) atoms. The summed E-state index contributed by atoms with van der Waals surface area (Å²) in [7, 11) is -3.75. The van der Waals surface area contributed by atoms with Crippen LogP contribution in [0, 0.1) is 11.3 Å². The Morgan fingerprint density at radius 3 is 2.60 bits per heavy atom. The lowest BCUT2D eigenvalue weighted by molar-refractivity contribution is -0.159. The molecule has 0 bridgehead atoms. The lowest BCUT2D eigenvalue weighted by Crippen LogP contribution is -2.35. The molecule has 1 amide bonds. The molecule has 0 spiro atoms. The zero-order valence-electron chi connectivity index (χ0n) is 23.6. The van der Waals surface area contributed by atoms with Crippen LogP contribution >= 0.6 is 11.3 Å². The average molecular weight is 639 g/mol. The Balaban J connectivity index is 1.51. The van der Waals surface area contributed by atoms with E-state index in [4.69, 9.17) is 31.3 Å². The van der Waals surface area contributed by atoms with Gasteiger partial charge in [-0.25, -0.2) is 10.0 Å². The summed E-state index contributed by atoms with van der Waals surface area (Å²) in [4.78, 5) is 43.2. The Bertz CT molecular complexity index is 1480. The van der Waals surface area contributed by atoms with Gasteiger partial charge in [0, 0.05) is 24.4 Å². The van der Waals surface area contributed by atoms with E-state index in [0.717, 1.165) is 23.9 Å². The first kappa shape index (κ1) is 33.4. The van der Waals surface area contributed by atoms with Gasteiger partial charge in [0.05, 0.1) is 24.8 Å². The molecule has 1 saturated carbocycles. The number of benzene rings is 1. The third kappa shape index (κ3) is 9.98. The van der Waals surface area contributed by atoms with Crippen molar-refractivity contribution in [3.63, 3.8) is 0 Å². The monoisotopic (exact) mass is 638 g/mol. The second-order valence-electron chi connectivity index (χ2n) is 9.62. The van der Waals surface area contributed by atoms with Crippen LogP contribution in [0.15, 0.2) is 44.8 Å². The SMILES string of the molecule is CN(OS(=O)(=O)O)C(=O)[C@]1(C)CC1CCC(=O)/C(=N\OCCOc1ccc(C(N)=NCCN=CN)cc1)c1csc(N)n1. The zero-order chi connectivity index (χ0) is 31.6. The molecular weight excluding hydrogens is 604 g/mol. The van der Waals surface area contributed by atoms with E-state index in [-0.39, 0.29) is 47.9 Å². The van der Waals surface area contributed by atoms with Crippen LogP contribution in [0.2, 0.25) is 0 Å². The van der Waals surface area contributed by atoms with Gasteiger partial charge in [0.25, 0.3) is 5.91 Å². The first-order chi connectivity index (χ1) is 20.3. The minimum Gasteiger partial charge on any atom is -0.490 e. The number of rotatable bonds is 17. The molecule has 3 rings (SSSR count). The van der Waals surface area contributed by atoms with Gasteiger partial charge in [-0.15, -0.1) is 15.6 Å². The molecule has 7 N–H and O–H groups in total. The Kier molecular flexibility index (Phi) is 11.5. The molecule has 1 heterocycles. The number of carbonyl (C=O) groups is 2. The van der Waals surface area contributed by atoms with Gasteiger partial charge in [0.2, 0.25) is 0 Å². The maximum absolute atomic E-state index is 13.1. The number of hydrogen-bond donors (Lipinski definition) is 4. The van der Waals surface area contributed by atoms with E-state index >= 15 is 0 Å². The third-order valence-corrected chi connectivity index (χ3v) is 7.59. The van der Waals surface area contributed by atoms with Gasteiger partial charge in [0.1, 0.15) is 23.9 Å². The van der Waals surface area contributed by atoms with Crippen LogP contribution in [0.1, 0.15) is 37.4 Å². The first-order valence-electron chi connectivity index (χ1n) is 13.0. The third-order valence-electron chi connectivity index (χ3n) is 6.51. The summed E-state index contributed by atoms with van der Waals surface area (Å²) in [5.74, 6) is -0.291. The average Bonchev–Trinajstić information content (AvgIpc) is 3.44. The number of aliphatic imine (C=N–C) groups is 2. The highest BCUT2D eigenvalue weighted by Crippen LogP contribution is 2.55. The molecule has 0 radical (unpaired) electrons. The summed E-state index contributed by atoms with van der Waals surface area (Å²) < 4.78 is 40.5. The summed E-state index contributed by atoms with van der Waals surface area (Å²) in [6, 6.07) is 6.99. The van der Waals surface area contributed by atoms with Crippen molar-refractivity contribution in [2.24, 2.45) is 37.9 Å². The number of amides is 1. The van der Waals surface area contributed by atoms with Gasteiger partial charge in [-0.05, 0) is 43.0 Å². The number of ether oxygens (including phenoxy) is 1. The second kappa shape index (κ2) is 14.9. The standard InChI is InChI=1S/C25H34N8O8S2/c1-25(23(35)33(2)41-43(36,37)38)13-17(25)5-8-20(34)21(19-14-42-24(28)31-19)32-40-12-11-39-18-6-3-16(4-7-18)22(27)30-10-9-29-15-26/h3-4,6-7,14-15,17H,5,8-13H2,1-2H3,(H2,26,29)(H2,27,30)(H2,28,31)(H,36,37,38)/b32-21-/t17?,25-/m1/s1. The highest BCUT2D eigenvalue weighted by atomic mass is 32.3. The van der Waals surface area contributed by atoms with E-state index in [9.17, 15) is 18.0 Å². The van der Waals surface area contributed by atoms with Crippen molar-refractivity contribution in [2.45, 2.75) is 26.2 Å². The molecule has 1 fully saturated rings. The minimum absolute atomic E-state index is 0.0194. The number of hydrogen-bond acceptors (Lipinski definition) is 13. The van der Waals surface area contributed by atoms with E-state index in [0.29, 0.717) is 42.6 Å². The number of amidine groups is 1. The summed E-state index contributed by atoms with van der Waals surface area (Å²) in [6.45, 7) is 2.65. The molecule has 0 aliphatic heterocycles. The lowest BCUT2D eigenvalue weighted by Gasteiger charge is -2.18. The number of ketones is 1. The van der Waals surface area contributed by atoms with Gasteiger partial charge < -0.3 is 26.8 Å². The van der Waals surface area contributed by atoms with E-state index in [1.165, 1.54) is 6.34 Å². The molecule has 1 unspecified atom stereocenters. The Morgan fingerprint density at radius 2 is 1.98 bits per heavy atom. The van der Waals surface area contributed by atoms with Gasteiger partial charge in [-0.3, -0.25) is 24.1 Å². The number of nitrogens with two attached hydrogens (primary N) is 3. The number of Topliss-reactive ketones (excluding diaryl/α,β-unsaturated/α-hetero) is 1. The van der Waals surface area contributed by atoms with Crippen molar-refractivity contribution in [2.75, 3.05) is 39.1 Å². The molecular formula is C25H34N8O8S2. The van der Waals surface area contributed by atoms with Crippen molar-refractivity contribution >= 4 is 56.4 Å². The van der Waals surface area contributed by atoms with E-state index in [1.807, 2.05) is 0 Å². The predicted molar refractivity (Wildman–Crippen MR) is 160 cm³/mol. The summed E-state index contributed by atoms with van der Waals surface area (Å²) in [6.07, 6.45) is 1.96. The van der Waals surface area contributed by atoms with E-state index in [2.05, 4.69) is 24.4 Å². The molecule has 16 nitrogen and oxygen atoms in total. The highest BCUT2D eigenvalue weighted by molar-refractivity contribution is 7.80. The van der Waals surface area contributed by atoms with Crippen LogP contribution in [0.3, 0.4) is 0 Å². The zero-order valence-corrected chi connectivity index (χ0v) is 25.2. The first-order valence-corrected chi connectivity index (χ1v) is 15.2. The van der Waals surface area contributed by atoms with Crippen molar-refractivity contribution in [1.82, 2.24) is 10.0 Å². The van der Waals surface area contributed by atoms with E-state index in [1.54, 1.807) is 36.6 Å². The van der Waals surface area contributed by atoms with Crippen LogP contribution in [-0.2, 0) is 29.1 Å². The van der Waals surface area contributed by atoms with Crippen molar-refractivity contribution in [3.8, 4) is 5.75 Å². The molecule has 2 atom stereocenters. The van der Waals surface area contributed by atoms with Crippen molar-refractivity contribution in [1.29, 1.82) is 0 Å². The van der Waals surface area contributed by atoms with Crippen LogP contribution in [0.5, 0.6) is 5.75 Å². The van der Waals surface area contributed by atoms with Crippen LogP contribution in [0.25, 0.3) is 0 Å². The van der Waals surface area contributed by atoms with E-state index < -0.39 is 21.7 Å². The summed E-state index contributed by atoms with van der Waals surface area (Å²) in [5, 5.41) is 6.30. The highest BCUT2D eigenvalue weighted by Gasteiger charge is 2.57. The normalized spacial score (nSPS) is 18.9. The van der Waals surface area contributed by atoms with Gasteiger partial charge >= 0.3 is 10.4 Å². The molecule has 1 aromatic carbocycles. The smallest absolute Gasteiger partial charge is 0.418 e. The largest absolute Gasteiger partial charge is 0.490 e. The summed E-state index contributed by atoms with van der Waals surface area (Å²) in [5.41, 5.74) is 16.9. The molecule has 0 saturated heterocycles.